The summed E-state index contributed by atoms with van der Waals surface area (Å²) in [6, 6.07) is 0.637. The maximum absolute atomic E-state index is 12.7. The normalized spacial score (nSPS) is 23.2. The number of H-pyrrole nitrogens is 1. The monoisotopic (exact) mass is 361 g/mol. The molecule has 144 valence electrons. The molecule has 2 aliphatic rings. The lowest BCUT2D eigenvalue weighted by Crippen LogP contribution is -2.45. The van der Waals surface area contributed by atoms with Crippen molar-refractivity contribution in [3.63, 3.8) is 0 Å². The second-order valence-corrected chi connectivity index (χ2v) is 7.93. The van der Waals surface area contributed by atoms with Crippen LogP contribution in [0.1, 0.15) is 50.5 Å². The molecule has 0 spiro atoms. The zero-order valence-corrected chi connectivity index (χ0v) is 16.1. The van der Waals surface area contributed by atoms with E-state index in [-0.39, 0.29) is 17.9 Å². The van der Waals surface area contributed by atoms with Crippen LogP contribution in [-0.2, 0) is 16.1 Å². The summed E-state index contributed by atoms with van der Waals surface area (Å²) < 4.78 is 0. The van der Waals surface area contributed by atoms with Crippen LogP contribution in [0, 0.1) is 12.8 Å². The first kappa shape index (κ1) is 18.9. The van der Waals surface area contributed by atoms with E-state index >= 15 is 0 Å². The quantitative estimate of drug-likeness (QED) is 0.734. The Morgan fingerprint density at radius 2 is 2.04 bits per heavy atom. The van der Waals surface area contributed by atoms with Crippen LogP contribution in [-0.4, -0.2) is 63.8 Å². The summed E-state index contributed by atoms with van der Waals surface area (Å²) in [5.74, 6) is 1.77. The number of aromatic nitrogens is 2. The molecule has 2 heterocycles. The van der Waals surface area contributed by atoms with Crippen LogP contribution in [0.5, 0.6) is 0 Å². The molecule has 26 heavy (non-hydrogen) atoms. The number of aryl methyl sites for hydroxylation is 1. The molecule has 1 aliphatic heterocycles. The lowest BCUT2D eigenvalue weighted by molar-refractivity contribution is -0.131. The fourth-order valence-electron chi connectivity index (χ4n) is 3.83. The Balaban J connectivity index is 1.55. The Bertz CT molecular complexity index is 640. The molecule has 1 aromatic rings. The highest BCUT2D eigenvalue weighted by Crippen LogP contribution is 2.35. The first-order valence-corrected chi connectivity index (χ1v) is 9.67. The van der Waals surface area contributed by atoms with Gasteiger partial charge in [-0.2, -0.15) is 0 Å². The number of amides is 2. The second kappa shape index (κ2) is 8.20. The van der Waals surface area contributed by atoms with Crippen LogP contribution in [0.2, 0.25) is 0 Å². The summed E-state index contributed by atoms with van der Waals surface area (Å²) in [5.41, 5.74) is 1.01. The SMILES string of the molecule is CC(=O)NC[C@H]1CC[C@@H](CC(=O)N(C)Cc2ncc(C)[nH]2)N1CC1CC1. The van der Waals surface area contributed by atoms with E-state index in [1.54, 1.807) is 18.0 Å². The van der Waals surface area contributed by atoms with Crippen molar-refractivity contribution in [2.24, 2.45) is 5.92 Å². The number of nitrogens with one attached hydrogen (secondary N) is 2. The van der Waals surface area contributed by atoms with Crippen molar-refractivity contribution in [2.45, 2.75) is 64.6 Å². The maximum Gasteiger partial charge on any atom is 0.224 e. The molecule has 1 saturated carbocycles. The lowest BCUT2D eigenvalue weighted by Gasteiger charge is -2.31. The number of likely N-dealkylation sites (tertiary alicyclic amines) is 1. The van der Waals surface area contributed by atoms with Gasteiger partial charge in [0.1, 0.15) is 5.82 Å². The first-order chi connectivity index (χ1) is 12.4. The molecule has 0 radical (unpaired) electrons. The number of hydrogen-bond donors (Lipinski definition) is 2. The summed E-state index contributed by atoms with van der Waals surface area (Å²) in [4.78, 5) is 35.7. The predicted octanol–water partition coefficient (Wildman–Crippen LogP) is 1.45. The molecule has 0 bridgehead atoms. The first-order valence-electron chi connectivity index (χ1n) is 9.67. The number of rotatable bonds is 8. The van der Waals surface area contributed by atoms with E-state index in [9.17, 15) is 9.59 Å². The zero-order valence-electron chi connectivity index (χ0n) is 16.1. The highest BCUT2D eigenvalue weighted by Gasteiger charge is 2.38. The third-order valence-corrected chi connectivity index (χ3v) is 5.50. The lowest BCUT2D eigenvalue weighted by atomic mass is 10.1. The van der Waals surface area contributed by atoms with Gasteiger partial charge in [-0.3, -0.25) is 14.5 Å². The van der Waals surface area contributed by atoms with Crippen LogP contribution in [0.4, 0.5) is 0 Å². The van der Waals surface area contributed by atoms with Crippen molar-refractivity contribution in [1.82, 2.24) is 25.1 Å². The van der Waals surface area contributed by atoms with Gasteiger partial charge < -0.3 is 15.2 Å². The minimum atomic E-state index is 0.0179. The van der Waals surface area contributed by atoms with E-state index in [1.807, 2.05) is 14.0 Å². The van der Waals surface area contributed by atoms with Gasteiger partial charge in [0.2, 0.25) is 11.8 Å². The Kier molecular flexibility index (Phi) is 5.96. The van der Waals surface area contributed by atoms with E-state index in [0.717, 1.165) is 36.8 Å². The fraction of sp³-hybridized carbons (Fsp3) is 0.737. The summed E-state index contributed by atoms with van der Waals surface area (Å²) in [5, 5.41) is 2.95. The van der Waals surface area contributed by atoms with E-state index in [2.05, 4.69) is 20.2 Å². The third-order valence-electron chi connectivity index (χ3n) is 5.50. The van der Waals surface area contributed by atoms with Gasteiger partial charge in [-0.05, 0) is 38.5 Å². The minimum absolute atomic E-state index is 0.0179. The Hall–Kier alpha value is -1.89. The van der Waals surface area contributed by atoms with Gasteiger partial charge in [0.25, 0.3) is 0 Å². The minimum Gasteiger partial charge on any atom is -0.355 e. The van der Waals surface area contributed by atoms with Crippen LogP contribution >= 0.6 is 0 Å². The number of carbonyl (C=O) groups is 2. The summed E-state index contributed by atoms with van der Waals surface area (Å²) in [7, 11) is 1.84. The van der Waals surface area contributed by atoms with E-state index < -0.39 is 0 Å². The van der Waals surface area contributed by atoms with E-state index in [1.165, 1.54) is 12.8 Å². The van der Waals surface area contributed by atoms with Crippen molar-refractivity contribution in [3.8, 4) is 0 Å². The smallest absolute Gasteiger partial charge is 0.224 e. The second-order valence-electron chi connectivity index (χ2n) is 7.93. The molecule has 1 aliphatic carbocycles. The molecule has 7 nitrogen and oxygen atoms in total. The molecular weight excluding hydrogens is 330 g/mol. The van der Waals surface area contributed by atoms with Gasteiger partial charge in [0, 0.05) is 57.5 Å². The highest BCUT2D eigenvalue weighted by atomic mass is 16.2. The topological polar surface area (TPSA) is 81.3 Å². The molecule has 1 saturated heterocycles. The van der Waals surface area contributed by atoms with Gasteiger partial charge in [-0.1, -0.05) is 0 Å². The average Bonchev–Trinajstić information content (AvgIpc) is 3.20. The molecule has 2 fully saturated rings. The molecule has 7 heteroatoms. The molecule has 2 N–H and O–H groups in total. The van der Waals surface area contributed by atoms with Gasteiger partial charge in [-0.15, -0.1) is 0 Å². The van der Waals surface area contributed by atoms with Gasteiger partial charge in [-0.25, -0.2) is 4.98 Å². The largest absolute Gasteiger partial charge is 0.355 e. The Morgan fingerprint density at radius 3 is 2.65 bits per heavy atom. The molecule has 3 rings (SSSR count). The Morgan fingerprint density at radius 1 is 1.31 bits per heavy atom. The van der Waals surface area contributed by atoms with Crippen molar-refractivity contribution >= 4 is 11.8 Å². The summed E-state index contributed by atoms with van der Waals surface area (Å²) in [6.07, 6.45) is 6.99. The number of aromatic amines is 1. The van der Waals surface area contributed by atoms with Crippen LogP contribution < -0.4 is 5.32 Å². The van der Waals surface area contributed by atoms with Crippen LogP contribution in [0.15, 0.2) is 6.20 Å². The molecule has 1 aromatic heterocycles. The molecule has 0 unspecified atom stereocenters. The Labute approximate surface area is 155 Å². The van der Waals surface area contributed by atoms with E-state index in [4.69, 9.17) is 0 Å². The number of carbonyl (C=O) groups excluding carboxylic acids is 2. The fourth-order valence-corrected chi connectivity index (χ4v) is 3.83. The molecule has 0 aromatic carbocycles. The van der Waals surface area contributed by atoms with Gasteiger partial charge >= 0.3 is 0 Å². The predicted molar refractivity (Wildman–Crippen MR) is 99.3 cm³/mol. The zero-order chi connectivity index (χ0) is 18.7. The van der Waals surface area contributed by atoms with Crippen molar-refractivity contribution < 1.29 is 9.59 Å². The van der Waals surface area contributed by atoms with E-state index in [0.29, 0.717) is 25.6 Å². The number of hydrogen-bond acceptors (Lipinski definition) is 4. The summed E-state index contributed by atoms with van der Waals surface area (Å²) >= 11 is 0. The van der Waals surface area contributed by atoms with Gasteiger partial charge in [0.15, 0.2) is 0 Å². The molecule has 2 amide bonds. The van der Waals surface area contributed by atoms with Crippen molar-refractivity contribution in [2.75, 3.05) is 20.1 Å². The maximum atomic E-state index is 12.7. The van der Waals surface area contributed by atoms with Crippen molar-refractivity contribution in [1.29, 1.82) is 0 Å². The molecule has 2 atom stereocenters. The van der Waals surface area contributed by atoms with Crippen molar-refractivity contribution in [3.05, 3.63) is 17.7 Å². The average molecular weight is 361 g/mol. The number of nitrogens with zero attached hydrogens (tertiary/aromatic N) is 3. The van der Waals surface area contributed by atoms with Gasteiger partial charge in [0.05, 0.1) is 6.54 Å². The summed E-state index contributed by atoms with van der Waals surface area (Å²) in [6.45, 7) is 5.78. The molecular formula is C19H31N5O2. The third kappa shape index (κ3) is 5.06. The highest BCUT2D eigenvalue weighted by molar-refractivity contribution is 5.76. The standard InChI is InChI=1S/C19H31N5O2/c1-13-9-21-18(22-13)12-23(3)19(26)8-16-6-7-17(10-20-14(2)25)24(16)11-15-4-5-15/h9,15-17H,4-8,10-12H2,1-3H3,(H,20,25)(H,21,22)/t16-,17+/m0/s1. The van der Waals surface area contributed by atoms with Crippen LogP contribution in [0.25, 0.3) is 0 Å². The van der Waals surface area contributed by atoms with Crippen LogP contribution in [0.3, 0.4) is 0 Å². The number of imidazole rings is 1.